The van der Waals surface area contributed by atoms with Crippen LogP contribution in [0.15, 0.2) is 94.4 Å². The fourth-order valence-electron chi connectivity index (χ4n) is 2.89. The van der Waals surface area contributed by atoms with Crippen LogP contribution in [-0.2, 0) is 16.6 Å². The minimum Gasteiger partial charge on any atom is -0.436 e. The Bertz CT molecular complexity index is 1200. The molecule has 0 aliphatic carbocycles. The van der Waals surface area contributed by atoms with Gasteiger partial charge in [-0.3, -0.25) is 0 Å². The maximum absolute atomic E-state index is 12.6. The quantitative estimate of drug-likeness (QED) is 0.501. The Balaban J connectivity index is 1.48. The van der Waals surface area contributed by atoms with Crippen LogP contribution in [0.4, 0.5) is 0 Å². The lowest BCUT2D eigenvalue weighted by Crippen LogP contribution is -2.23. The van der Waals surface area contributed by atoms with Gasteiger partial charge in [-0.2, -0.15) is 0 Å². The Labute approximate surface area is 170 Å². The van der Waals surface area contributed by atoms with Crippen LogP contribution in [0.1, 0.15) is 11.1 Å². The molecular formula is C23H20N2O3S. The van der Waals surface area contributed by atoms with Gasteiger partial charge in [0.2, 0.25) is 15.9 Å². The molecule has 0 fully saturated rings. The lowest BCUT2D eigenvalue weighted by atomic mass is 10.2. The zero-order chi connectivity index (χ0) is 20.3. The van der Waals surface area contributed by atoms with Gasteiger partial charge in [-0.1, -0.05) is 60.2 Å². The van der Waals surface area contributed by atoms with Crippen molar-refractivity contribution in [3.8, 4) is 22.8 Å². The number of nitrogens with one attached hydrogen (secondary N) is 1. The van der Waals surface area contributed by atoms with Crippen molar-refractivity contribution in [2.24, 2.45) is 0 Å². The highest BCUT2D eigenvalue weighted by Gasteiger charge is 2.15. The number of benzene rings is 3. The van der Waals surface area contributed by atoms with Crippen LogP contribution in [0.25, 0.3) is 22.8 Å². The van der Waals surface area contributed by atoms with Gasteiger partial charge >= 0.3 is 0 Å². The Morgan fingerprint density at radius 1 is 0.862 bits per heavy atom. The van der Waals surface area contributed by atoms with Crippen LogP contribution in [0.2, 0.25) is 0 Å². The van der Waals surface area contributed by atoms with Gasteiger partial charge in [-0.15, -0.1) is 0 Å². The van der Waals surface area contributed by atoms with E-state index in [0.29, 0.717) is 17.2 Å². The van der Waals surface area contributed by atoms with Gasteiger partial charge in [-0.05, 0) is 36.8 Å². The van der Waals surface area contributed by atoms with Crippen molar-refractivity contribution in [1.82, 2.24) is 9.71 Å². The first-order valence-corrected chi connectivity index (χ1v) is 10.7. The van der Waals surface area contributed by atoms with Crippen molar-refractivity contribution in [2.75, 3.05) is 0 Å². The monoisotopic (exact) mass is 404 g/mol. The van der Waals surface area contributed by atoms with E-state index in [2.05, 4.69) is 9.71 Å². The first-order chi connectivity index (χ1) is 14.0. The molecule has 0 bridgehead atoms. The molecule has 0 unspecified atom stereocenters. The van der Waals surface area contributed by atoms with Gasteiger partial charge in [0.25, 0.3) is 0 Å². The van der Waals surface area contributed by atoms with Crippen molar-refractivity contribution in [1.29, 1.82) is 0 Å². The van der Waals surface area contributed by atoms with E-state index in [1.54, 1.807) is 30.5 Å². The molecule has 0 saturated carbocycles. The molecule has 0 spiro atoms. The molecule has 29 heavy (non-hydrogen) atoms. The molecule has 0 amide bonds. The number of rotatable bonds is 6. The highest BCUT2D eigenvalue weighted by Crippen LogP contribution is 2.26. The summed E-state index contributed by atoms with van der Waals surface area (Å²) in [6.07, 6.45) is 1.67. The summed E-state index contributed by atoms with van der Waals surface area (Å²) in [5, 5.41) is 0. The van der Waals surface area contributed by atoms with Gasteiger partial charge in [0, 0.05) is 17.7 Å². The molecule has 4 rings (SSSR count). The maximum Gasteiger partial charge on any atom is 0.240 e. The van der Waals surface area contributed by atoms with Crippen molar-refractivity contribution in [3.05, 3.63) is 96.2 Å². The minimum absolute atomic E-state index is 0.197. The zero-order valence-corrected chi connectivity index (χ0v) is 16.7. The Hall–Kier alpha value is -3.22. The van der Waals surface area contributed by atoms with Crippen molar-refractivity contribution in [3.63, 3.8) is 0 Å². The van der Waals surface area contributed by atoms with Crippen LogP contribution in [0, 0.1) is 6.92 Å². The predicted octanol–water partition coefficient (Wildman–Crippen LogP) is 4.80. The standard InChI is InChI=1S/C23H20N2O3S/c1-17-7-9-18(10-8-17)15-25-29(26,27)21-13-11-20(12-14-21)23-24-16-22(28-23)19-5-3-2-4-6-19/h2-14,16,25H,15H2,1H3. The molecule has 0 aliphatic heterocycles. The number of sulfonamides is 1. The van der Waals surface area contributed by atoms with E-state index in [-0.39, 0.29) is 11.4 Å². The highest BCUT2D eigenvalue weighted by atomic mass is 32.2. The molecule has 1 heterocycles. The second-order valence-corrected chi connectivity index (χ2v) is 8.50. The molecule has 6 heteroatoms. The summed E-state index contributed by atoms with van der Waals surface area (Å²) in [6.45, 7) is 2.23. The van der Waals surface area contributed by atoms with Gasteiger partial charge in [-0.25, -0.2) is 18.1 Å². The fourth-order valence-corrected chi connectivity index (χ4v) is 3.91. The average molecular weight is 404 g/mol. The Morgan fingerprint density at radius 3 is 2.24 bits per heavy atom. The Morgan fingerprint density at radius 2 is 1.55 bits per heavy atom. The molecule has 0 atom stereocenters. The maximum atomic E-state index is 12.6. The molecule has 5 nitrogen and oxygen atoms in total. The summed E-state index contributed by atoms with van der Waals surface area (Å²) >= 11 is 0. The third-order valence-corrected chi connectivity index (χ3v) is 5.98. The molecule has 3 aromatic carbocycles. The topological polar surface area (TPSA) is 72.2 Å². The smallest absolute Gasteiger partial charge is 0.240 e. The summed E-state index contributed by atoms with van der Waals surface area (Å²) in [5.74, 6) is 1.11. The molecule has 146 valence electrons. The third-order valence-electron chi connectivity index (χ3n) is 4.56. The van der Waals surface area contributed by atoms with Crippen molar-refractivity contribution in [2.45, 2.75) is 18.4 Å². The molecule has 0 radical (unpaired) electrons. The average Bonchev–Trinajstić information content (AvgIpc) is 3.24. The number of aryl methyl sites for hydroxylation is 1. The molecule has 1 aromatic heterocycles. The highest BCUT2D eigenvalue weighted by molar-refractivity contribution is 7.89. The van der Waals surface area contributed by atoms with Crippen LogP contribution < -0.4 is 4.72 Å². The van der Waals surface area contributed by atoms with Crippen molar-refractivity contribution < 1.29 is 12.8 Å². The molecule has 0 saturated heterocycles. The summed E-state index contributed by atoms with van der Waals surface area (Å²) in [6, 6.07) is 23.9. The van der Waals surface area contributed by atoms with Gasteiger partial charge in [0.05, 0.1) is 11.1 Å². The van der Waals surface area contributed by atoms with Crippen molar-refractivity contribution >= 4 is 10.0 Å². The second-order valence-electron chi connectivity index (χ2n) is 6.73. The van der Waals surface area contributed by atoms with E-state index in [9.17, 15) is 8.42 Å². The second kappa shape index (κ2) is 8.03. The summed E-state index contributed by atoms with van der Waals surface area (Å²) < 4.78 is 33.6. The lowest BCUT2D eigenvalue weighted by Gasteiger charge is -2.07. The normalized spacial score (nSPS) is 11.5. The Kier molecular flexibility index (Phi) is 5.29. The van der Waals surface area contributed by atoms with Crippen LogP contribution >= 0.6 is 0 Å². The van der Waals surface area contributed by atoms with Gasteiger partial charge < -0.3 is 4.42 Å². The number of oxazole rings is 1. The van der Waals surface area contributed by atoms with E-state index < -0.39 is 10.0 Å². The molecule has 0 aliphatic rings. The zero-order valence-electron chi connectivity index (χ0n) is 15.9. The number of hydrogen-bond acceptors (Lipinski definition) is 4. The van der Waals surface area contributed by atoms with Crippen LogP contribution in [-0.4, -0.2) is 13.4 Å². The predicted molar refractivity (Wildman–Crippen MR) is 113 cm³/mol. The minimum atomic E-state index is -3.61. The summed E-state index contributed by atoms with van der Waals surface area (Å²) in [7, 11) is -3.61. The number of hydrogen-bond donors (Lipinski definition) is 1. The van der Waals surface area contributed by atoms with E-state index >= 15 is 0 Å². The van der Waals surface area contributed by atoms with E-state index in [0.717, 1.165) is 16.7 Å². The van der Waals surface area contributed by atoms with Gasteiger partial charge in [0.1, 0.15) is 0 Å². The largest absolute Gasteiger partial charge is 0.436 e. The number of nitrogens with zero attached hydrogens (tertiary/aromatic N) is 1. The summed E-state index contributed by atoms with van der Waals surface area (Å²) in [5.41, 5.74) is 3.69. The molecule has 1 N–H and O–H groups in total. The van der Waals surface area contributed by atoms with E-state index in [4.69, 9.17) is 4.42 Å². The van der Waals surface area contributed by atoms with Gasteiger partial charge in [0.15, 0.2) is 5.76 Å². The van der Waals surface area contributed by atoms with Crippen LogP contribution in [0.5, 0.6) is 0 Å². The first kappa shape index (κ1) is 19.1. The third kappa shape index (κ3) is 4.45. The lowest BCUT2D eigenvalue weighted by molar-refractivity contribution is 0.580. The summed E-state index contributed by atoms with van der Waals surface area (Å²) in [4.78, 5) is 4.50. The fraction of sp³-hybridized carbons (Fsp3) is 0.0870. The van der Waals surface area contributed by atoms with Crippen LogP contribution in [0.3, 0.4) is 0 Å². The van der Waals surface area contributed by atoms with E-state index in [1.165, 1.54) is 0 Å². The molecule has 4 aromatic rings. The first-order valence-electron chi connectivity index (χ1n) is 9.18. The SMILES string of the molecule is Cc1ccc(CNS(=O)(=O)c2ccc(-c3ncc(-c4ccccc4)o3)cc2)cc1. The molecular weight excluding hydrogens is 384 g/mol. The number of aromatic nitrogens is 1. The van der Waals surface area contributed by atoms with E-state index in [1.807, 2.05) is 61.5 Å².